The van der Waals surface area contributed by atoms with E-state index >= 15 is 0 Å². The van der Waals surface area contributed by atoms with Gasteiger partial charge >= 0.3 is 0 Å². The molecule has 0 N–H and O–H groups in total. The zero-order valence-electron chi connectivity index (χ0n) is 7.82. The summed E-state index contributed by atoms with van der Waals surface area (Å²) in [4.78, 5) is 0. The maximum atomic E-state index is 5.92. The highest BCUT2D eigenvalue weighted by Crippen LogP contribution is 2.21. The molecule has 0 fully saturated rings. The maximum absolute atomic E-state index is 5.92. The zero-order chi connectivity index (χ0) is 8.74. The van der Waals surface area contributed by atoms with Crippen molar-refractivity contribution >= 4 is 19.9 Å². The molecule has 0 aromatic carbocycles. The van der Waals surface area contributed by atoms with Crippen LogP contribution in [0.4, 0.5) is 0 Å². The fraction of sp³-hybridized carbons (Fsp3) is 1.00. The van der Waals surface area contributed by atoms with Gasteiger partial charge in [-0.1, -0.05) is 26.7 Å². The van der Waals surface area contributed by atoms with Gasteiger partial charge in [-0.05, 0) is 12.1 Å². The summed E-state index contributed by atoms with van der Waals surface area (Å²) in [6, 6.07) is 2.42. The third-order valence-corrected chi connectivity index (χ3v) is 7.72. The van der Waals surface area contributed by atoms with Gasteiger partial charge in [-0.3, -0.25) is 0 Å². The van der Waals surface area contributed by atoms with Crippen molar-refractivity contribution in [3.05, 3.63) is 0 Å². The highest BCUT2D eigenvalue weighted by Gasteiger charge is 2.30. The van der Waals surface area contributed by atoms with Crippen LogP contribution in [-0.2, 0) is 4.43 Å². The molecule has 0 heterocycles. The summed E-state index contributed by atoms with van der Waals surface area (Å²) in [7, 11) is 0.341. The molecule has 0 amide bonds. The number of hydrogen-bond acceptors (Lipinski definition) is 1. The van der Waals surface area contributed by atoms with E-state index in [1.54, 1.807) is 0 Å². The molecule has 11 heavy (non-hydrogen) atoms. The molecule has 0 rings (SSSR count). The van der Waals surface area contributed by atoms with E-state index in [0.29, 0.717) is 0 Å². The van der Waals surface area contributed by atoms with Crippen LogP contribution >= 0.6 is 11.6 Å². The Morgan fingerprint density at radius 3 is 1.82 bits per heavy atom. The van der Waals surface area contributed by atoms with Crippen LogP contribution in [0, 0.1) is 0 Å². The minimum atomic E-state index is -1.48. The normalized spacial score (nSPS) is 12.0. The Labute approximate surface area is 76.2 Å². The van der Waals surface area contributed by atoms with Crippen LogP contribution in [0.15, 0.2) is 0 Å². The van der Waals surface area contributed by atoms with Gasteiger partial charge in [0, 0.05) is 12.6 Å². The Kier molecular flexibility index (Phi) is 6.29. The van der Waals surface area contributed by atoms with E-state index in [-0.39, 0.29) is 0 Å². The predicted molar refractivity (Wildman–Crippen MR) is 53.7 cm³/mol. The first-order valence-electron chi connectivity index (χ1n) is 4.35. The number of alkyl halides is 1. The van der Waals surface area contributed by atoms with Crippen molar-refractivity contribution in [1.82, 2.24) is 0 Å². The topological polar surface area (TPSA) is 9.23 Å². The Hall–Kier alpha value is 0.467. The van der Waals surface area contributed by atoms with Crippen LogP contribution in [0.2, 0.25) is 12.1 Å². The summed E-state index contributed by atoms with van der Waals surface area (Å²) in [5, 5.41) is 0. The van der Waals surface area contributed by atoms with E-state index in [1.807, 2.05) is 7.11 Å². The molecule has 0 aliphatic carbocycles. The average molecular weight is 195 g/mol. The van der Waals surface area contributed by atoms with Crippen molar-refractivity contribution in [3.8, 4) is 0 Å². The highest BCUT2D eigenvalue weighted by atomic mass is 35.5. The largest absolute Gasteiger partial charge is 0.419 e. The number of hydrogen-bond donors (Lipinski definition) is 0. The van der Waals surface area contributed by atoms with Crippen molar-refractivity contribution in [2.75, 3.05) is 12.6 Å². The molecule has 0 saturated carbocycles. The first-order valence-corrected chi connectivity index (χ1v) is 7.42. The van der Waals surface area contributed by atoms with Gasteiger partial charge in [0.1, 0.15) is 0 Å². The van der Waals surface area contributed by atoms with E-state index in [1.165, 1.54) is 24.9 Å². The Morgan fingerprint density at radius 1 is 1.18 bits per heavy atom. The van der Waals surface area contributed by atoms with Gasteiger partial charge in [0.05, 0.1) is 0 Å². The first-order chi connectivity index (χ1) is 5.24. The molecule has 0 saturated heterocycles. The predicted octanol–water partition coefficient (Wildman–Crippen LogP) is 3.18. The molecular weight excluding hydrogens is 176 g/mol. The van der Waals surface area contributed by atoms with Gasteiger partial charge in [-0.15, -0.1) is 11.6 Å². The molecule has 3 heteroatoms. The molecule has 0 unspecified atom stereocenters. The molecule has 0 aliphatic heterocycles. The monoisotopic (exact) mass is 194 g/mol. The lowest BCUT2D eigenvalue weighted by Gasteiger charge is -2.26. The maximum Gasteiger partial charge on any atom is 0.206 e. The minimum Gasteiger partial charge on any atom is -0.419 e. The summed E-state index contributed by atoms with van der Waals surface area (Å²) in [5.74, 6) is 0. The van der Waals surface area contributed by atoms with Gasteiger partial charge < -0.3 is 4.43 Å². The standard InChI is InChI=1S/C8H19ClOSi/c1-4-6-11(8-9,10-3)7-5-2/h4-8H2,1-3H3. The average Bonchev–Trinajstić information content (AvgIpc) is 2.04. The SMILES string of the molecule is CCC[Si](CCl)(CCC)OC. The van der Waals surface area contributed by atoms with E-state index in [0.717, 1.165) is 5.50 Å². The summed E-state index contributed by atoms with van der Waals surface area (Å²) in [5.41, 5.74) is 0.755. The third kappa shape index (κ3) is 3.59. The Bertz CT molecular complexity index is 86.1. The summed E-state index contributed by atoms with van der Waals surface area (Å²) >= 11 is 5.92. The summed E-state index contributed by atoms with van der Waals surface area (Å²) < 4.78 is 5.57. The minimum absolute atomic E-state index is 0.755. The lowest BCUT2D eigenvalue weighted by atomic mass is 10.6. The molecule has 0 radical (unpaired) electrons. The molecule has 0 aromatic rings. The van der Waals surface area contributed by atoms with Gasteiger partial charge in [0.2, 0.25) is 8.32 Å². The van der Waals surface area contributed by atoms with Gasteiger partial charge in [0.15, 0.2) is 0 Å². The van der Waals surface area contributed by atoms with Crippen LogP contribution < -0.4 is 0 Å². The van der Waals surface area contributed by atoms with Crippen LogP contribution in [0.25, 0.3) is 0 Å². The fourth-order valence-electron chi connectivity index (χ4n) is 1.43. The summed E-state index contributed by atoms with van der Waals surface area (Å²) in [6.45, 7) is 4.39. The van der Waals surface area contributed by atoms with Crippen LogP contribution in [0.3, 0.4) is 0 Å². The van der Waals surface area contributed by atoms with Crippen molar-refractivity contribution < 1.29 is 4.43 Å². The number of halogens is 1. The van der Waals surface area contributed by atoms with Crippen LogP contribution in [0.5, 0.6) is 0 Å². The van der Waals surface area contributed by atoms with Crippen molar-refractivity contribution in [1.29, 1.82) is 0 Å². The molecule has 0 atom stereocenters. The van der Waals surface area contributed by atoms with Crippen molar-refractivity contribution in [2.45, 2.75) is 38.8 Å². The Morgan fingerprint density at radius 2 is 1.64 bits per heavy atom. The van der Waals surface area contributed by atoms with Gasteiger partial charge in [0.25, 0.3) is 0 Å². The van der Waals surface area contributed by atoms with Crippen LogP contribution in [-0.4, -0.2) is 20.9 Å². The van der Waals surface area contributed by atoms with Crippen molar-refractivity contribution in [2.24, 2.45) is 0 Å². The fourth-order valence-corrected chi connectivity index (χ4v) is 5.41. The third-order valence-electron chi connectivity index (χ3n) is 2.09. The molecule has 1 nitrogen and oxygen atoms in total. The highest BCUT2D eigenvalue weighted by molar-refractivity contribution is 6.79. The lowest BCUT2D eigenvalue weighted by molar-refractivity contribution is 0.393. The second-order valence-corrected chi connectivity index (χ2v) is 7.86. The zero-order valence-corrected chi connectivity index (χ0v) is 9.58. The van der Waals surface area contributed by atoms with Gasteiger partial charge in [-0.2, -0.15) is 0 Å². The molecule has 68 valence electrons. The van der Waals surface area contributed by atoms with E-state index in [4.69, 9.17) is 16.0 Å². The molecular formula is C8H19ClOSi. The smallest absolute Gasteiger partial charge is 0.206 e. The van der Waals surface area contributed by atoms with Crippen molar-refractivity contribution in [3.63, 3.8) is 0 Å². The Balaban J connectivity index is 3.96. The molecule has 0 spiro atoms. The first kappa shape index (κ1) is 11.5. The quantitative estimate of drug-likeness (QED) is 0.466. The molecule has 0 bridgehead atoms. The molecule has 0 aliphatic rings. The van der Waals surface area contributed by atoms with E-state index in [2.05, 4.69) is 13.8 Å². The van der Waals surface area contributed by atoms with E-state index in [9.17, 15) is 0 Å². The summed E-state index contributed by atoms with van der Waals surface area (Å²) in [6.07, 6.45) is 2.40. The lowest BCUT2D eigenvalue weighted by Crippen LogP contribution is -2.39. The molecule has 0 aromatic heterocycles. The van der Waals surface area contributed by atoms with E-state index < -0.39 is 8.32 Å². The number of rotatable bonds is 6. The second kappa shape index (κ2) is 6.04. The second-order valence-electron chi connectivity index (χ2n) is 3.02. The van der Waals surface area contributed by atoms with Gasteiger partial charge in [-0.25, -0.2) is 0 Å². The van der Waals surface area contributed by atoms with Crippen LogP contribution in [0.1, 0.15) is 26.7 Å².